The second-order valence-electron chi connectivity index (χ2n) is 19.3. The Morgan fingerprint density at radius 3 is 1.18 bits per heavy atom. The topological polar surface area (TPSA) is 95.9 Å². The van der Waals surface area contributed by atoms with Gasteiger partial charge in [-0.1, -0.05) is 262 Å². The van der Waals surface area contributed by atoms with Crippen LogP contribution in [0.15, 0.2) is 48.6 Å². The zero-order chi connectivity index (χ0) is 47.4. The minimum absolute atomic E-state index is 0.0591. The predicted molar refractivity (Wildman–Crippen MR) is 282 cm³/mol. The van der Waals surface area contributed by atoms with Crippen molar-refractivity contribution in [2.75, 3.05) is 6.61 Å². The number of hydrogen-bond acceptors (Lipinski definition) is 5. The van der Waals surface area contributed by atoms with Crippen molar-refractivity contribution in [1.82, 2.24) is 5.32 Å². The number of amides is 1. The highest BCUT2D eigenvalue weighted by atomic mass is 16.5. The van der Waals surface area contributed by atoms with Gasteiger partial charge in [0.25, 0.3) is 0 Å². The van der Waals surface area contributed by atoms with Crippen LogP contribution in [0.3, 0.4) is 0 Å². The number of ether oxygens (including phenoxy) is 1. The highest BCUT2D eigenvalue weighted by Crippen LogP contribution is 2.18. The fourth-order valence-corrected chi connectivity index (χ4v) is 8.60. The number of aliphatic hydroxyl groups excluding tert-OH is 2. The van der Waals surface area contributed by atoms with Gasteiger partial charge in [-0.25, -0.2) is 0 Å². The van der Waals surface area contributed by atoms with E-state index in [1.807, 2.05) is 0 Å². The van der Waals surface area contributed by atoms with E-state index >= 15 is 0 Å². The van der Waals surface area contributed by atoms with Crippen molar-refractivity contribution in [2.24, 2.45) is 0 Å². The first-order valence-corrected chi connectivity index (χ1v) is 28.4. The van der Waals surface area contributed by atoms with E-state index in [1.54, 1.807) is 0 Å². The summed E-state index contributed by atoms with van der Waals surface area (Å²) in [7, 11) is 0. The van der Waals surface area contributed by atoms with Gasteiger partial charge in [0, 0.05) is 6.42 Å². The number of unbranched alkanes of at least 4 members (excludes halogenated alkanes) is 31. The van der Waals surface area contributed by atoms with Crippen LogP contribution in [0.2, 0.25) is 0 Å². The summed E-state index contributed by atoms with van der Waals surface area (Å²) in [4.78, 5) is 26.2. The molecule has 0 aromatic carbocycles. The summed E-state index contributed by atoms with van der Waals surface area (Å²) in [6.45, 7) is 6.47. The van der Waals surface area contributed by atoms with Crippen LogP contribution in [0.1, 0.15) is 290 Å². The molecule has 0 rings (SSSR count). The Labute approximate surface area is 404 Å². The van der Waals surface area contributed by atoms with Crippen LogP contribution in [-0.2, 0) is 14.3 Å². The molecule has 65 heavy (non-hydrogen) atoms. The van der Waals surface area contributed by atoms with Crippen LogP contribution < -0.4 is 5.32 Å². The molecule has 0 saturated carbocycles. The summed E-state index contributed by atoms with van der Waals surface area (Å²) in [6.07, 6.45) is 64.6. The molecule has 0 saturated heterocycles. The summed E-state index contributed by atoms with van der Waals surface area (Å²) in [6, 6.07) is -0.711. The molecule has 0 radical (unpaired) electrons. The van der Waals surface area contributed by atoms with Gasteiger partial charge in [0.05, 0.1) is 25.2 Å². The smallest absolute Gasteiger partial charge is 0.306 e. The molecular formula is C59H109NO5. The lowest BCUT2D eigenvalue weighted by atomic mass is 10.0. The van der Waals surface area contributed by atoms with Crippen LogP contribution in [0, 0.1) is 0 Å². The number of carbonyl (C=O) groups is 2. The standard InChI is InChI=1S/C59H109NO5/c1-4-7-10-13-16-19-22-25-27-29-31-34-37-40-43-46-49-52-59(64)65-55(50-47-44-41-38-35-33-30-28-26-23-20-17-14-11-8-5-2)53-58(63)60-56(54-61)57(62)51-48-45-42-39-36-32-24-21-18-15-12-9-6-3/h16,19,25,27,31,34,40,43,55-57,61-62H,4-15,17-18,20-24,26,28-30,32-33,35-39,41-42,44-54H2,1-3H3,(H,60,63)/b19-16-,27-25-,34-31-,43-40-. The second kappa shape index (κ2) is 52.8. The summed E-state index contributed by atoms with van der Waals surface area (Å²) in [5.74, 6) is -0.528. The molecule has 3 N–H and O–H groups in total. The van der Waals surface area contributed by atoms with Gasteiger partial charge in [-0.05, 0) is 64.2 Å². The average Bonchev–Trinajstić information content (AvgIpc) is 3.30. The van der Waals surface area contributed by atoms with E-state index in [9.17, 15) is 19.8 Å². The van der Waals surface area contributed by atoms with Crippen molar-refractivity contribution in [3.63, 3.8) is 0 Å². The molecule has 0 aliphatic heterocycles. The number of nitrogens with one attached hydrogen (secondary N) is 1. The third-order valence-electron chi connectivity index (χ3n) is 12.9. The number of rotatable bonds is 51. The van der Waals surface area contributed by atoms with Crippen LogP contribution in [0.5, 0.6) is 0 Å². The Kier molecular flexibility index (Phi) is 51.0. The summed E-state index contributed by atoms with van der Waals surface area (Å²) in [5.41, 5.74) is 0. The van der Waals surface area contributed by atoms with Crippen molar-refractivity contribution in [2.45, 2.75) is 309 Å². The van der Waals surface area contributed by atoms with Gasteiger partial charge in [-0.2, -0.15) is 0 Å². The molecule has 0 fully saturated rings. The third kappa shape index (κ3) is 48.1. The highest BCUT2D eigenvalue weighted by molar-refractivity contribution is 5.77. The monoisotopic (exact) mass is 912 g/mol. The molecule has 380 valence electrons. The third-order valence-corrected chi connectivity index (χ3v) is 12.9. The largest absolute Gasteiger partial charge is 0.462 e. The quantitative estimate of drug-likeness (QED) is 0.0321. The Morgan fingerprint density at radius 2 is 0.785 bits per heavy atom. The lowest BCUT2D eigenvalue weighted by Crippen LogP contribution is -2.46. The van der Waals surface area contributed by atoms with E-state index in [4.69, 9.17) is 4.74 Å². The summed E-state index contributed by atoms with van der Waals surface area (Å²) in [5, 5.41) is 23.8. The van der Waals surface area contributed by atoms with E-state index in [1.165, 1.54) is 173 Å². The van der Waals surface area contributed by atoms with Gasteiger partial charge in [-0.3, -0.25) is 9.59 Å². The number of allylic oxidation sites excluding steroid dienone is 8. The van der Waals surface area contributed by atoms with Gasteiger partial charge in [0.15, 0.2) is 0 Å². The van der Waals surface area contributed by atoms with Crippen LogP contribution in [0.25, 0.3) is 0 Å². The van der Waals surface area contributed by atoms with Gasteiger partial charge in [0.2, 0.25) is 5.91 Å². The zero-order valence-electron chi connectivity index (χ0n) is 43.4. The van der Waals surface area contributed by atoms with Crippen LogP contribution in [0.4, 0.5) is 0 Å². The molecule has 1 amide bonds. The SMILES string of the molecule is CCCCC/C=C\C/C=C\C/C=C\C/C=C\CCCC(=O)OC(CCCCCCCCCCCCCCCCCC)CC(=O)NC(CO)C(O)CCCCCCCCCCCCCCC. The van der Waals surface area contributed by atoms with E-state index in [0.29, 0.717) is 25.7 Å². The summed E-state index contributed by atoms with van der Waals surface area (Å²) >= 11 is 0. The lowest BCUT2D eigenvalue weighted by molar-refractivity contribution is -0.151. The molecule has 3 atom stereocenters. The minimum Gasteiger partial charge on any atom is -0.462 e. The number of hydrogen-bond donors (Lipinski definition) is 3. The molecular weight excluding hydrogens is 803 g/mol. The fourth-order valence-electron chi connectivity index (χ4n) is 8.60. The first-order valence-electron chi connectivity index (χ1n) is 28.4. The molecule has 0 heterocycles. The Hall–Kier alpha value is -2.18. The average molecular weight is 913 g/mol. The van der Waals surface area contributed by atoms with Crippen molar-refractivity contribution in [3.05, 3.63) is 48.6 Å². The maximum atomic E-state index is 13.2. The van der Waals surface area contributed by atoms with E-state index in [0.717, 1.165) is 64.2 Å². The molecule has 0 bridgehead atoms. The van der Waals surface area contributed by atoms with Crippen molar-refractivity contribution in [1.29, 1.82) is 0 Å². The van der Waals surface area contributed by atoms with E-state index in [-0.39, 0.29) is 24.9 Å². The first kappa shape index (κ1) is 62.8. The van der Waals surface area contributed by atoms with Crippen LogP contribution >= 0.6 is 0 Å². The van der Waals surface area contributed by atoms with Gasteiger partial charge in [-0.15, -0.1) is 0 Å². The molecule has 0 aromatic heterocycles. The lowest BCUT2D eigenvalue weighted by Gasteiger charge is -2.24. The number of aliphatic hydroxyl groups is 2. The molecule has 0 spiro atoms. The second-order valence-corrected chi connectivity index (χ2v) is 19.3. The van der Waals surface area contributed by atoms with Crippen molar-refractivity contribution >= 4 is 11.9 Å². The Balaban J connectivity index is 4.64. The number of esters is 1. The minimum atomic E-state index is -0.796. The molecule has 6 heteroatoms. The molecule has 6 nitrogen and oxygen atoms in total. The Bertz CT molecular complexity index is 1110. The predicted octanol–water partition coefficient (Wildman–Crippen LogP) is 17.4. The fraction of sp³-hybridized carbons (Fsp3) is 0.831. The normalized spacial score (nSPS) is 13.5. The Morgan fingerprint density at radius 1 is 0.446 bits per heavy atom. The van der Waals surface area contributed by atoms with Gasteiger partial charge < -0.3 is 20.3 Å². The maximum absolute atomic E-state index is 13.2. The number of carbonyl (C=O) groups excluding carboxylic acids is 2. The highest BCUT2D eigenvalue weighted by Gasteiger charge is 2.24. The molecule has 0 aliphatic carbocycles. The van der Waals surface area contributed by atoms with Crippen molar-refractivity contribution in [3.8, 4) is 0 Å². The van der Waals surface area contributed by atoms with E-state index < -0.39 is 18.2 Å². The molecule has 3 unspecified atom stereocenters. The van der Waals surface area contributed by atoms with E-state index in [2.05, 4.69) is 74.7 Å². The van der Waals surface area contributed by atoms with Gasteiger partial charge >= 0.3 is 5.97 Å². The zero-order valence-corrected chi connectivity index (χ0v) is 43.4. The molecule has 0 aromatic rings. The first-order chi connectivity index (χ1) is 32.0. The molecule has 0 aliphatic rings. The van der Waals surface area contributed by atoms with Gasteiger partial charge in [0.1, 0.15) is 6.10 Å². The maximum Gasteiger partial charge on any atom is 0.306 e. The van der Waals surface area contributed by atoms with Crippen LogP contribution in [-0.4, -0.2) is 46.9 Å². The summed E-state index contributed by atoms with van der Waals surface area (Å²) < 4.78 is 5.93. The van der Waals surface area contributed by atoms with Crippen molar-refractivity contribution < 1.29 is 24.5 Å².